The SMILES string of the molecule is CCCC1Cc2cc3c(cc2C1)CC(CCC)C3. The van der Waals surface area contributed by atoms with Crippen LogP contribution in [0.5, 0.6) is 0 Å². The number of benzene rings is 1. The van der Waals surface area contributed by atoms with Gasteiger partial charge < -0.3 is 0 Å². The Hall–Kier alpha value is -0.780. The van der Waals surface area contributed by atoms with Crippen molar-refractivity contribution in [2.45, 2.75) is 65.2 Å². The number of fused-ring (bicyclic) bond motifs is 2. The third-order valence-electron chi connectivity index (χ3n) is 4.95. The largest absolute Gasteiger partial charge is 0.0654 e. The molecule has 3 rings (SSSR count). The Balaban J connectivity index is 1.76. The second-order valence-corrected chi connectivity index (χ2v) is 6.52. The lowest BCUT2D eigenvalue weighted by molar-refractivity contribution is 0.502. The van der Waals surface area contributed by atoms with Gasteiger partial charge in [0.15, 0.2) is 0 Å². The number of hydrogen-bond donors (Lipinski definition) is 0. The van der Waals surface area contributed by atoms with E-state index < -0.39 is 0 Å². The quantitative estimate of drug-likeness (QED) is 0.717. The molecule has 1 aromatic carbocycles. The average molecular weight is 242 g/mol. The molecule has 0 unspecified atom stereocenters. The summed E-state index contributed by atoms with van der Waals surface area (Å²) < 4.78 is 0. The van der Waals surface area contributed by atoms with Crippen molar-refractivity contribution in [3.8, 4) is 0 Å². The van der Waals surface area contributed by atoms with E-state index in [9.17, 15) is 0 Å². The van der Waals surface area contributed by atoms with Gasteiger partial charge in [0.25, 0.3) is 0 Å². The van der Waals surface area contributed by atoms with E-state index in [4.69, 9.17) is 0 Å². The normalized spacial score (nSPS) is 19.2. The van der Waals surface area contributed by atoms with Gasteiger partial charge >= 0.3 is 0 Å². The fourth-order valence-electron chi connectivity index (χ4n) is 4.16. The van der Waals surface area contributed by atoms with Crippen LogP contribution < -0.4 is 0 Å². The van der Waals surface area contributed by atoms with Gasteiger partial charge in [-0.3, -0.25) is 0 Å². The first-order valence-electron chi connectivity index (χ1n) is 7.93. The lowest BCUT2D eigenvalue weighted by Crippen LogP contribution is -1.98. The van der Waals surface area contributed by atoms with Gasteiger partial charge in [-0.2, -0.15) is 0 Å². The maximum absolute atomic E-state index is 2.57. The van der Waals surface area contributed by atoms with Crippen LogP contribution in [0.15, 0.2) is 12.1 Å². The third kappa shape index (κ3) is 2.22. The van der Waals surface area contributed by atoms with E-state index in [1.54, 1.807) is 22.3 Å². The van der Waals surface area contributed by atoms with Crippen molar-refractivity contribution < 1.29 is 0 Å². The molecule has 0 atom stereocenters. The maximum Gasteiger partial charge on any atom is -0.0244 e. The lowest BCUT2D eigenvalue weighted by atomic mass is 9.99. The minimum absolute atomic E-state index is 0.943. The Morgan fingerprint density at radius 1 is 0.722 bits per heavy atom. The summed E-state index contributed by atoms with van der Waals surface area (Å²) in [5.74, 6) is 1.89. The molecule has 0 aliphatic heterocycles. The fourth-order valence-corrected chi connectivity index (χ4v) is 4.16. The molecular formula is C18H26. The topological polar surface area (TPSA) is 0 Å². The Bertz CT molecular complexity index is 358. The lowest BCUT2D eigenvalue weighted by Gasteiger charge is -2.05. The van der Waals surface area contributed by atoms with Gasteiger partial charge in [0.2, 0.25) is 0 Å². The molecule has 0 heteroatoms. The standard InChI is InChI=1S/C18H26/c1-3-5-13-7-15-11-17-9-14(6-4-2)10-18(17)12-16(15)8-13/h11-14H,3-10H2,1-2H3. The molecule has 0 heterocycles. The molecule has 0 spiro atoms. The zero-order valence-corrected chi connectivity index (χ0v) is 12.0. The summed E-state index contributed by atoms with van der Waals surface area (Å²) in [4.78, 5) is 0. The summed E-state index contributed by atoms with van der Waals surface area (Å²) in [7, 11) is 0. The van der Waals surface area contributed by atoms with Crippen molar-refractivity contribution in [1.82, 2.24) is 0 Å². The highest BCUT2D eigenvalue weighted by Gasteiger charge is 2.26. The second kappa shape index (κ2) is 5.07. The molecule has 0 bridgehead atoms. The molecule has 0 amide bonds. The summed E-state index contributed by atoms with van der Waals surface area (Å²) in [5, 5.41) is 0. The highest BCUT2D eigenvalue weighted by molar-refractivity contribution is 5.44. The van der Waals surface area contributed by atoms with Crippen LogP contribution in [0.3, 0.4) is 0 Å². The van der Waals surface area contributed by atoms with Crippen molar-refractivity contribution in [2.75, 3.05) is 0 Å². The monoisotopic (exact) mass is 242 g/mol. The Kier molecular flexibility index (Phi) is 3.46. The van der Waals surface area contributed by atoms with E-state index in [0.29, 0.717) is 0 Å². The van der Waals surface area contributed by atoms with Crippen LogP contribution in [-0.2, 0) is 25.7 Å². The molecular weight excluding hydrogens is 216 g/mol. The molecule has 0 fully saturated rings. The van der Waals surface area contributed by atoms with Crippen LogP contribution in [-0.4, -0.2) is 0 Å². The van der Waals surface area contributed by atoms with Gasteiger partial charge in [-0.1, -0.05) is 51.7 Å². The fraction of sp³-hybridized carbons (Fsp3) is 0.667. The second-order valence-electron chi connectivity index (χ2n) is 6.52. The summed E-state index contributed by atoms with van der Waals surface area (Å²) in [6.45, 7) is 4.64. The number of hydrogen-bond acceptors (Lipinski definition) is 0. The van der Waals surface area contributed by atoms with Crippen LogP contribution in [0, 0.1) is 11.8 Å². The molecule has 2 aliphatic rings. The van der Waals surface area contributed by atoms with Crippen LogP contribution >= 0.6 is 0 Å². The van der Waals surface area contributed by atoms with Crippen molar-refractivity contribution in [1.29, 1.82) is 0 Å². The van der Waals surface area contributed by atoms with Gasteiger partial charge in [0.05, 0.1) is 0 Å². The average Bonchev–Trinajstić information content (AvgIpc) is 2.88. The van der Waals surface area contributed by atoms with Crippen LogP contribution in [0.2, 0.25) is 0 Å². The molecule has 1 aromatic rings. The Labute approximate surface area is 112 Å². The molecule has 98 valence electrons. The van der Waals surface area contributed by atoms with Gasteiger partial charge in [-0.05, 0) is 59.8 Å². The van der Waals surface area contributed by atoms with Gasteiger partial charge in [-0.25, -0.2) is 0 Å². The minimum Gasteiger partial charge on any atom is -0.0654 e. The predicted molar refractivity (Wildman–Crippen MR) is 78.1 cm³/mol. The minimum atomic E-state index is 0.943. The van der Waals surface area contributed by atoms with E-state index >= 15 is 0 Å². The predicted octanol–water partition coefficient (Wildman–Crippen LogP) is 4.72. The summed E-state index contributed by atoms with van der Waals surface area (Å²) >= 11 is 0. The van der Waals surface area contributed by atoms with E-state index in [1.807, 2.05) is 0 Å². The Morgan fingerprint density at radius 3 is 1.33 bits per heavy atom. The van der Waals surface area contributed by atoms with Crippen LogP contribution in [0.25, 0.3) is 0 Å². The van der Waals surface area contributed by atoms with E-state index in [0.717, 1.165) is 11.8 Å². The first-order valence-corrected chi connectivity index (χ1v) is 7.93. The smallest absolute Gasteiger partial charge is 0.0244 e. The van der Waals surface area contributed by atoms with Crippen molar-refractivity contribution in [3.63, 3.8) is 0 Å². The van der Waals surface area contributed by atoms with Gasteiger partial charge in [0, 0.05) is 0 Å². The van der Waals surface area contributed by atoms with Gasteiger partial charge in [-0.15, -0.1) is 0 Å². The van der Waals surface area contributed by atoms with Crippen molar-refractivity contribution >= 4 is 0 Å². The zero-order chi connectivity index (χ0) is 12.5. The zero-order valence-electron chi connectivity index (χ0n) is 12.0. The van der Waals surface area contributed by atoms with Crippen molar-refractivity contribution in [3.05, 3.63) is 34.4 Å². The molecule has 0 saturated carbocycles. The van der Waals surface area contributed by atoms with Gasteiger partial charge in [0.1, 0.15) is 0 Å². The molecule has 0 saturated heterocycles. The molecule has 0 aromatic heterocycles. The molecule has 0 nitrogen and oxygen atoms in total. The first-order chi connectivity index (χ1) is 8.80. The van der Waals surface area contributed by atoms with E-state index in [-0.39, 0.29) is 0 Å². The molecule has 2 aliphatic carbocycles. The molecule has 0 radical (unpaired) electrons. The Morgan fingerprint density at radius 2 is 1.06 bits per heavy atom. The first kappa shape index (κ1) is 12.3. The van der Waals surface area contributed by atoms with E-state index in [1.165, 1.54) is 51.4 Å². The third-order valence-corrected chi connectivity index (χ3v) is 4.95. The van der Waals surface area contributed by atoms with E-state index in [2.05, 4.69) is 26.0 Å². The highest BCUT2D eigenvalue weighted by Crippen LogP contribution is 2.37. The van der Waals surface area contributed by atoms with Crippen LogP contribution in [0.4, 0.5) is 0 Å². The molecule has 0 N–H and O–H groups in total. The highest BCUT2D eigenvalue weighted by atomic mass is 14.3. The summed E-state index contributed by atoms with van der Waals surface area (Å²) in [5.41, 5.74) is 6.74. The molecule has 18 heavy (non-hydrogen) atoms. The summed E-state index contributed by atoms with van der Waals surface area (Å²) in [6, 6.07) is 5.13. The van der Waals surface area contributed by atoms with Crippen LogP contribution in [0.1, 0.15) is 61.8 Å². The van der Waals surface area contributed by atoms with Crippen molar-refractivity contribution in [2.24, 2.45) is 11.8 Å². The maximum atomic E-state index is 2.57. The number of rotatable bonds is 4. The summed E-state index contributed by atoms with van der Waals surface area (Å²) in [6.07, 6.45) is 10.9.